The summed E-state index contributed by atoms with van der Waals surface area (Å²) >= 11 is 0. The van der Waals surface area contributed by atoms with Crippen molar-refractivity contribution in [3.05, 3.63) is 0 Å². The molecule has 1 aliphatic carbocycles. The van der Waals surface area contributed by atoms with Gasteiger partial charge >= 0.3 is 23.5 Å². The molecule has 4 aliphatic rings. The molecule has 24 nitrogen and oxygen atoms in total. The van der Waals surface area contributed by atoms with Gasteiger partial charge in [-0.3, -0.25) is 22.6 Å². The van der Waals surface area contributed by atoms with Crippen molar-refractivity contribution in [3.63, 3.8) is 0 Å². The summed E-state index contributed by atoms with van der Waals surface area (Å²) in [6, 6.07) is 0. The third-order valence-corrected chi connectivity index (χ3v) is 10.8. The summed E-state index contributed by atoms with van der Waals surface area (Å²) in [5, 5.41) is 91.8. The van der Waals surface area contributed by atoms with Crippen LogP contribution in [0.3, 0.4) is 0 Å². The quantitative estimate of drug-likeness (QED) is 0.0731. The first-order valence-corrected chi connectivity index (χ1v) is 19.1. The zero-order valence-corrected chi connectivity index (χ0v) is 28.0. The topological polar surface area (TPSA) is 388 Å². The largest absolute Gasteiger partial charge is 0.474 e. The van der Waals surface area contributed by atoms with Crippen molar-refractivity contribution in [2.24, 2.45) is 5.41 Å². The van der Waals surface area contributed by atoms with Gasteiger partial charge in [0.25, 0.3) is 0 Å². The SMILES string of the molecule is CC1([C@H]2O[C@H](COP(=O)(O)O[C@H]3O[C@H](COP(=O)(O)O[C@H]4O[C@H](COP(=O)(O)O)[C@@H](O)[C@H](O)[C@@H]4O)[C@@H](O)[C@H](O)[C@@H]3O)[C@@H](O)[C@H](O)[C@@H]2O)CC1. The highest BCUT2D eigenvalue weighted by atomic mass is 31.2. The Labute approximate surface area is 276 Å². The Balaban J connectivity index is 1.34. The average molecular weight is 782 g/mol. The van der Waals surface area contributed by atoms with Crippen LogP contribution in [0.15, 0.2) is 0 Å². The number of phosphoric ester groups is 3. The maximum absolute atomic E-state index is 12.7. The Kier molecular flexibility index (Phi) is 13.3. The molecule has 13 N–H and O–H groups in total. The van der Waals surface area contributed by atoms with Crippen LogP contribution >= 0.6 is 23.5 Å². The minimum Gasteiger partial charge on any atom is -0.388 e. The van der Waals surface area contributed by atoms with Crippen LogP contribution in [-0.4, -0.2) is 177 Å². The normalized spacial score (nSPS) is 45.3. The summed E-state index contributed by atoms with van der Waals surface area (Å²) in [6.07, 6.45) is -27.2. The summed E-state index contributed by atoms with van der Waals surface area (Å²) in [4.78, 5) is 38.1. The van der Waals surface area contributed by atoms with E-state index in [1.807, 2.05) is 0 Å². The number of phosphoric acid groups is 3. The van der Waals surface area contributed by atoms with Crippen molar-refractivity contribution < 1.29 is 116 Å². The van der Waals surface area contributed by atoms with Crippen LogP contribution in [-0.2, 0) is 50.5 Å². The van der Waals surface area contributed by atoms with Gasteiger partial charge in [0.1, 0.15) is 73.2 Å². The molecular formula is C22H41O24P3. The van der Waals surface area contributed by atoms with Gasteiger partial charge in [-0.2, -0.15) is 0 Å². The predicted octanol–water partition coefficient (Wildman–Crippen LogP) is -5.37. The Morgan fingerprint density at radius 3 is 1.24 bits per heavy atom. The third kappa shape index (κ3) is 10.3. The van der Waals surface area contributed by atoms with Crippen LogP contribution < -0.4 is 0 Å². The van der Waals surface area contributed by atoms with Gasteiger partial charge in [-0.15, -0.1) is 0 Å². The molecule has 1 saturated carbocycles. The molecule has 0 bridgehead atoms. The number of aliphatic hydroxyl groups is 9. The standard InChI is InChI=1S/C22H41O24P3/c1-22(2-3-22)19-16(29)13(26)10(23)7(42-19)5-40-48(35,36)46-21-18(31)15(28)12(25)9(44-21)6-41-49(37,38)45-20-17(30)14(27)11(24)8(43-20)4-39-47(32,33)34/h7-21,23-31H,2-6H2,1H3,(H,35,36)(H,37,38)(H2,32,33,34)/t7-,8-,9-,10-,11-,12-,13+,14+,15+,16+,17+,18+,19+,20-,21-/m1/s1. The van der Waals surface area contributed by atoms with Crippen molar-refractivity contribution in [3.8, 4) is 0 Å². The maximum Gasteiger partial charge on any atom is 0.474 e. The minimum atomic E-state index is -5.42. The molecule has 4 rings (SSSR count). The smallest absolute Gasteiger partial charge is 0.388 e. The molecule has 0 aromatic carbocycles. The van der Waals surface area contributed by atoms with Gasteiger partial charge < -0.3 is 79.7 Å². The lowest BCUT2D eigenvalue weighted by molar-refractivity contribution is -0.286. The van der Waals surface area contributed by atoms with E-state index in [4.69, 9.17) is 33.0 Å². The van der Waals surface area contributed by atoms with Gasteiger partial charge in [0.2, 0.25) is 0 Å². The minimum absolute atomic E-state index is 0.520. The molecule has 0 aromatic heterocycles. The number of hydrogen-bond acceptors (Lipinski definition) is 20. The molecule has 49 heavy (non-hydrogen) atoms. The first-order chi connectivity index (χ1) is 22.5. The van der Waals surface area contributed by atoms with Gasteiger partial charge in [-0.25, -0.2) is 13.7 Å². The summed E-state index contributed by atoms with van der Waals surface area (Å²) in [5.74, 6) is 0. The van der Waals surface area contributed by atoms with E-state index in [9.17, 15) is 69.4 Å². The highest BCUT2D eigenvalue weighted by Gasteiger charge is 2.56. The van der Waals surface area contributed by atoms with Gasteiger partial charge in [0.15, 0.2) is 12.6 Å². The zero-order chi connectivity index (χ0) is 36.9. The Morgan fingerprint density at radius 1 is 0.531 bits per heavy atom. The second-order valence-corrected chi connectivity index (χ2v) is 16.3. The van der Waals surface area contributed by atoms with Crippen molar-refractivity contribution in [1.29, 1.82) is 0 Å². The fraction of sp³-hybridized carbons (Fsp3) is 1.00. The molecule has 2 unspecified atom stereocenters. The van der Waals surface area contributed by atoms with E-state index < -0.39 is 141 Å². The number of ether oxygens (including phenoxy) is 3. The molecular weight excluding hydrogens is 741 g/mol. The van der Waals surface area contributed by atoms with Crippen molar-refractivity contribution in [2.75, 3.05) is 19.8 Å². The lowest BCUT2D eigenvalue weighted by Gasteiger charge is -2.43. The molecule has 3 aliphatic heterocycles. The first kappa shape index (κ1) is 41.6. The molecule has 0 aromatic rings. The van der Waals surface area contributed by atoms with Crippen molar-refractivity contribution >= 4 is 23.5 Å². The Bertz CT molecular complexity index is 1260. The van der Waals surface area contributed by atoms with E-state index in [-0.39, 0.29) is 0 Å². The highest BCUT2D eigenvalue weighted by molar-refractivity contribution is 7.47. The Hall–Kier alpha value is -0.150. The van der Waals surface area contributed by atoms with Gasteiger partial charge in [-0.1, -0.05) is 6.92 Å². The van der Waals surface area contributed by atoms with E-state index in [1.165, 1.54) is 0 Å². The van der Waals surface area contributed by atoms with Crippen LogP contribution in [0.5, 0.6) is 0 Å². The number of hydrogen-bond donors (Lipinski definition) is 13. The van der Waals surface area contributed by atoms with Crippen LogP contribution in [0, 0.1) is 5.41 Å². The van der Waals surface area contributed by atoms with Gasteiger partial charge in [-0.05, 0) is 18.3 Å². The second-order valence-electron chi connectivity index (χ2n) is 12.3. The molecule has 0 amide bonds. The fourth-order valence-corrected chi connectivity index (χ4v) is 7.27. The zero-order valence-electron chi connectivity index (χ0n) is 25.3. The Morgan fingerprint density at radius 2 is 0.878 bits per heavy atom. The van der Waals surface area contributed by atoms with Crippen molar-refractivity contribution in [1.82, 2.24) is 0 Å². The molecule has 0 radical (unpaired) electrons. The monoisotopic (exact) mass is 782 g/mol. The second kappa shape index (κ2) is 15.7. The maximum atomic E-state index is 12.7. The third-order valence-electron chi connectivity index (χ3n) is 8.46. The first-order valence-electron chi connectivity index (χ1n) is 14.6. The number of aliphatic hydroxyl groups excluding tert-OH is 9. The summed E-state index contributed by atoms with van der Waals surface area (Å²) in [7, 11) is -15.8. The molecule has 4 fully saturated rings. The summed E-state index contributed by atoms with van der Waals surface area (Å²) in [5.41, 5.74) is -0.520. The predicted molar refractivity (Wildman–Crippen MR) is 149 cm³/mol. The summed E-state index contributed by atoms with van der Waals surface area (Å²) < 4.78 is 75.1. The molecule has 288 valence electrons. The lowest BCUT2D eigenvalue weighted by atomic mass is 9.87. The highest BCUT2D eigenvalue weighted by Crippen LogP contribution is 2.53. The van der Waals surface area contributed by atoms with E-state index >= 15 is 0 Å². The molecule has 3 heterocycles. The van der Waals surface area contributed by atoms with Crippen LogP contribution in [0.4, 0.5) is 0 Å². The summed E-state index contributed by atoms with van der Waals surface area (Å²) in [6.45, 7) is -1.40. The van der Waals surface area contributed by atoms with Crippen molar-refractivity contribution in [2.45, 2.75) is 112 Å². The fourth-order valence-electron chi connectivity index (χ4n) is 5.26. The molecule has 27 heteroatoms. The van der Waals surface area contributed by atoms with Crippen LogP contribution in [0.25, 0.3) is 0 Å². The van der Waals surface area contributed by atoms with Gasteiger partial charge in [0.05, 0.1) is 25.9 Å². The molecule has 0 spiro atoms. The molecule has 17 atom stereocenters. The van der Waals surface area contributed by atoms with E-state index in [0.717, 1.165) is 0 Å². The average Bonchev–Trinajstić information content (AvgIpc) is 3.76. The van der Waals surface area contributed by atoms with E-state index in [1.54, 1.807) is 6.92 Å². The van der Waals surface area contributed by atoms with E-state index in [2.05, 4.69) is 13.6 Å². The van der Waals surface area contributed by atoms with E-state index in [0.29, 0.717) is 12.8 Å². The lowest BCUT2D eigenvalue weighted by Crippen LogP contribution is -2.60. The molecule has 3 saturated heterocycles. The number of rotatable bonds is 14. The van der Waals surface area contributed by atoms with Crippen LogP contribution in [0.2, 0.25) is 0 Å². The van der Waals surface area contributed by atoms with Gasteiger partial charge in [0, 0.05) is 0 Å². The van der Waals surface area contributed by atoms with Crippen LogP contribution in [0.1, 0.15) is 19.8 Å².